The van der Waals surface area contributed by atoms with Gasteiger partial charge < -0.3 is 9.47 Å². The summed E-state index contributed by atoms with van der Waals surface area (Å²) in [6.45, 7) is 5.96. The number of carbonyl (C=O) groups is 3. The minimum atomic E-state index is -0.577. The van der Waals surface area contributed by atoms with E-state index < -0.39 is 11.9 Å². The lowest BCUT2D eigenvalue weighted by Gasteiger charge is -2.42. The third-order valence-electron chi connectivity index (χ3n) is 3.56. The van der Waals surface area contributed by atoms with Gasteiger partial charge in [0, 0.05) is 5.75 Å². The number of nitrogens with zero attached hydrogens (tertiary/aromatic N) is 1. The van der Waals surface area contributed by atoms with E-state index in [1.54, 1.807) is 23.9 Å². The van der Waals surface area contributed by atoms with Crippen molar-refractivity contribution in [2.24, 2.45) is 5.92 Å². The lowest BCUT2D eigenvalue weighted by atomic mass is 10.1. The lowest BCUT2D eigenvalue weighted by molar-refractivity contribution is -0.149. The summed E-state index contributed by atoms with van der Waals surface area (Å²) in [5.41, 5.74) is 0.602. The Hall–Kier alpha value is -1.76. The van der Waals surface area contributed by atoms with E-state index in [4.69, 9.17) is 9.47 Å². The first kappa shape index (κ1) is 18.6. The Labute approximate surface area is 146 Å². The van der Waals surface area contributed by atoms with Crippen LogP contribution in [-0.2, 0) is 23.9 Å². The van der Waals surface area contributed by atoms with Gasteiger partial charge in [-0.15, -0.1) is 11.8 Å². The number of thioether (sulfide) groups is 1. The van der Waals surface area contributed by atoms with E-state index in [1.165, 1.54) is 4.90 Å². The van der Waals surface area contributed by atoms with E-state index in [9.17, 15) is 14.4 Å². The fraction of sp³-hybridized carbons (Fsp3) is 0.588. The maximum absolute atomic E-state index is 12.3. The highest BCUT2D eigenvalue weighted by Crippen LogP contribution is 2.37. The second-order valence-corrected chi connectivity index (χ2v) is 7.26. The maximum Gasteiger partial charge on any atom is 0.355 e. The fourth-order valence-electron chi connectivity index (χ4n) is 2.33. The molecule has 2 rings (SSSR count). The average Bonchev–Trinajstić information content (AvgIpc) is 2.54. The Balaban J connectivity index is 1.93. The molecule has 0 radical (unpaired) electrons. The van der Waals surface area contributed by atoms with Crippen LogP contribution >= 0.6 is 11.8 Å². The molecule has 1 atom stereocenters. The number of amides is 1. The highest BCUT2D eigenvalue weighted by Gasteiger charge is 2.43. The smallest absolute Gasteiger partial charge is 0.355 e. The molecule has 0 aromatic carbocycles. The summed E-state index contributed by atoms with van der Waals surface area (Å²) in [6.07, 6.45) is 4.48. The largest absolute Gasteiger partial charge is 0.462 e. The number of allylic oxidation sites excluding steroid dienone is 1. The second kappa shape index (κ2) is 8.37. The van der Waals surface area contributed by atoms with Crippen LogP contribution in [0.25, 0.3) is 0 Å². The van der Waals surface area contributed by atoms with Gasteiger partial charge in [0.25, 0.3) is 0 Å². The molecule has 0 bridgehead atoms. The van der Waals surface area contributed by atoms with Crippen molar-refractivity contribution in [3.05, 3.63) is 23.4 Å². The molecule has 132 valence electrons. The Morgan fingerprint density at radius 1 is 1.42 bits per heavy atom. The van der Waals surface area contributed by atoms with Gasteiger partial charge >= 0.3 is 11.9 Å². The number of hydrogen-bond acceptors (Lipinski definition) is 6. The van der Waals surface area contributed by atoms with Gasteiger partial charge in [-0.3, -0.25) is 9.69 Å². The SMILES string of the molecule is CC/C=C(\COC(=O)C1=CCS[C@@H]2CC(=O)N12)C(=O)OCC(C)C. The maximum atomic E-state index is 12.3. The van der Waals surface area contributed by atoms with Crippen LogP contribution in [0, 0.1) is 5.92 Å². The average molecular weight is 353 g/mol. The predicted octanol–water partition coefficient (Wildman–Crippen LogP) is 2.25. The van der Waals surface area contributed by atoms with Crippen molar-refractivity contribution in [3.63, 3.8) is 0 Å². The van der Waals surface area contributed by atoms with E-state index in [0.29, 0.717) is 30.8 Å². The first-order chi connectivity index (χ1) is 11.4. The molecule has 6 nitrogen and oxygen atoms in total. The molecule has 2 aliphatic rings. The molecule has 0 unspecified atom stereocenters. The van der Waals surface area contributed by atoms with Gasteiger partial charge in [0.1, 0.15) is 12.3 Å². The van der Waals surface area contributed by atoms with Crippen LogP contribution in [0.2, 0.25) is 0 Å². The Bertz CT molecular complexity index is 582. The molecular weight excluding hydrogens is 330 g/mol. The van der Waals surface area contributed by atoms with Crippen LogP contribution in [-0.4, -0.2) is 47.1 Å². The topological polar surface area (TPSA) is 72.9 Å². The van der Waals surface area contributed by atoms with E-state index in [1.807, 2.05) is 20.8 Å². The van der Waals surface area contributed by atoms with Crippen LogP contribution in [0.3, 0.4) is 0 Å². The van der Waals surface area contributed by atoms with Gasteiger partial charge in [0.2, 0.25) is 5.91 Å². The molecule has 0 aromatic heterocycles. The summed E-state index contributed by atoms with van der Waals surface area (Å²) < 4.78 is 10.4. The highest BCUT2D eigenvalue weighted by molar-refractivity contribution is 8.00. The number of rotatable bonds is 7. The van der Waals surface area contributed by atoms with Crippen LogP contribution < -0.4 is 0 Å². The Kier molecular flexibility index (Phi) is 6.48. The number of fused-ring (bicyclic) bond motifs is 1. The van der Waals surface area contributed by atoms with E-state index in [-0.39, 0.29) is 29.5 Å². The summed E-state index contributed by atoms with van der Waals surface area (Å²) in [4.78, 5) is 37.4. The minimum absolute atomic E-state index is 0.0340. The zero-order valence-electron chi connectivity index (χ0n) is 14.2. The standard InChI is InChI=1S/C17H23NO5S/c1-4-5-12(16(20)22-9-11(2)3)10-23-17(21)13-6-7-24-15-8-14(19)18(13)15/h5-6,11,15H,4,7-10H2,1-3H3/b12-5+/t15-/m1/s1. The van der Waals surface area contributed by atoms with Gasteiger partial charge in [-0.1, -0.05) is 26.8 Å². The highest BCUT2D eigenvalue weighted by atomic mass is 32.2. The summed E-state index contributed by atoms with van der Waals surface area (Å²) in [7, 11) is 0. The molecule has 2 heterocycles. The summed E-state index contributed by atoms with van der Waals surface area (Å²) >= 11 is 1.62. The van der Waals surface area contributed by atoms with Gasteiger partial charge in [-0.05, 0) is 18.4 Å². The molecule has 0 N–H and O–H groups in total. The molecule has 1 saturated heterocycles. The van der Waals surface area contributed by atoms with Crippen LogP contribution in [0.1, 0.15) is 33.6 Å². The normalized spacial score (nSPS) is 20.2. The van der Waals surface area contributed by atoms with Crippen LogP contribution in [0.4, 0.5) is 0 Å². The van der Waals surface area contributed by atoms with Gasteiger partial charge in [0.05, 0.1) is 24.0 Å². The molecular formula is C17H23NO5S. The number of carbonyl (C=O) groups excluding carboxylic acids is 3. The molecule has 0 aliphatic carbocycles. The molecule has 2 aliphatic heterocycles. The first-order valence-electron chi connectivity index (χ1n) is 8.11. The lowest BCUT2D eigenvalue weighted by Crippen LogP contribution is -2.53. The van der Waals surface area contributed by atoms with E-state index in [2.05, 4.69) is 0 Å². The predicted molar refractivity (Wildman–Crippen MR) is 90.9 cm³/mol. The molecule has 1 amide bonds. The Morgan fingerprint density at radius 3 is 2.79 bits per heavy atom. The zero-order chi connectivity index (χ0) is 17.7. The van der Waals surface area contributed by atoms with Crippen molar-refractivity contribution in [2.45, 2.75) is 39.0 Å². The number of esters is 2. The number of ether oxygens (including phenoxy) is 2. The summed E-state index contributed by atoms with van der Waals surface area (Å²) in [5, 5.41) is 0.0340. The number of β-lactam (4-membered cyclic amide) rings is 1. The quantitative estimate of drug-likeness (QED) is 0.397. The third kappa shape index (κ3) is 4.41. The van der Waals surface area contributed by atoms with Crippen molar-refractivity contribution in [3.8, 4) is 0 Å². The van der Waals surface area contributed by atoms with Crippen molar-refractivity contribution in [2.75, 3.05) is 19.0 Å². The monoisotopic (exact) mass is 353 g/mol. The van der Waals surface area contributed by atoms with Gasteiger partial charge in [0.15, 0.2) is 0 Å². The number of hydrogen-bond donors (Lipinski definition) is 0. The van der Waals surface area contributed by atoms with Crippen molar-refractivity contribution in [1.29, 1.82) is 0 Å². The summed E-state index contributed by atoms with van der Waals surface area (Å²) in [6, 6.07) is 0. The molecule has 0 aromatic rings. The van der Waals surface area contributed by atoms with Crippen LogP contribution in [0.5, 0.6) is 0 Å². The molecule has 1 fully saturated rings. The summed E-state index contributed by atoms with van der Waals surface area (Å²) in [5.74, 6) is -0.210. The zero-order valence-corrected chi connectivity index (χ0v) is 15.1. The van der Waals surface area contributed by atoms with Crippen LogP contribution in [0.15, 0.2) is 23.4 Å². The first-order valence-corrected chi connectivity index (χ1v) is 9.16. The van der Waals surface area contributed by atoms with Crippen molar-refractivity contribution in [1.82, 2.24) is 4.90 Å². The Morgan fingerprint density at radius 2 is 2.17 bits per heavy atom. The van der Waals surface area contributed by atoms with E-state index >= 15 is 0 Å². The van der Waals surface area contributed by atoms with Gasteiger partial charge in [-0.25, -0.2) is 9.59 Å². The van der Waals surface area contributed by atoms with Crippen molar-refractivity contribution < 1.29 is 23.9 Å². The molecule has 24 heavy (non-hydrogen) atoms. The second-order valence-electron chi connectivity index (χ2n) is 6.05. The van der Waals surface area contributed by atoms with E-state index in [0.717, 1.165) is 0 Å². The van der Waals surface area contributed by atoms with Crippen molar-refractivity contribution >= 4 is 29.6 Å². The molecule has 7 heteroatoms. The minimum Gasteiger partial charge on any atom is -0.462 e. The van der Waals surface area contributed by atoms with Gasteiger partial charge in [-0.2, -0.15) is 0 Å². The third-order valence-corrected chi connectivity index (χ3v) is 4.68. The molecule has 0 spiro atoms. The molecule has 0 saturated carbocycles. The fourth-order valence-corrected chi connectivity index (χ4v) is 3.45.